The average molecular weight is 524 g/mol. The molecule has 0 bridgehead atoms. The zero-order valence-corrected chi connectivity index (χ0v) is 22.2. The highest BCUT2D eigenvalue weighted by Crippen LogP contribution is 2.69. The molecule has 1 atom stereocenters. The van der Waals surface area contributed by atoms with Crippen LogP contribution in [0.15, 0.2) is 87.5 Å². The number of hydrogen-bond acceptors (Lipinski definition) is 5. The van der Waals surface area contributed by atoms with Crippen LogP contribution < -0.4 is 14.2 Å². The van der Waals surface area contributed by atoms with Gasteiger partial charge in [-0.1, -0.05) is 0 Å². The Kier molecular flexibility index (Phi) is 8.28. The summed E-state index contributed by atoms with van der Waals surface area (Å²) >= 11 is 0. The van der Waals surface area contributed by atoms with Gasteiger partial charge in [-0.15, -0.1) is 0 Å². The first-order chi connectivity index (χ1) is 17.9. The molecule has 0 aliphatic carbocycles. The molecule has 8 heteroatoms. The zero-order valence-electron chi connectivity index (χ0n) is 21.4. The predicted octanol–water partition coefficient (Wildman–Crippen LogP) is 5.46. The SMILES string of the molecule is COc1ccc(S(CCC(=O)N2CCC[C@H]2C(=O)O)(c2ccc(OC)cc2)c2ccc(OC)cc2)cc1. The number of hydrogen-bond donors (Lipinski definition) is 1. The second-order valence-electron chi connectivity index (χ2n) is 8.80. The van der Waals surface area contributed by atoms with E-state index in [1.54, 1.807) is 21.3 Å². The van der Waals surface area contributed by atoms with Gasteiger partial charge in [0.1, 0.15) is 23.3 Å². The van der Waals surface area contributed by atoms with Gasteiger partial charge in [-0.2, -0.15) is 10.0 Å². The summed E-state index contributed by atoms with van der Waals surface area (Å²) in [7, 11) is 2.97. The number of benzene rings is 3. The smallest absolute Gasteiger partial charge is 0.326 e. The minimum absolute atomic E-state index is 0.127. The van der Waals surface area contributed by atoms with Gasteiger partial charge in [0.05, 0.1) is 21.3 Å². The molecule has 0 saturated carbocycles. The Morgan fingerprint density at radius 2 is 1.19 bits per heavy atom. The van der Waals surface area contributed by atoms with Crippen LogP contribution in [-0.4, -0.2) is 61.6 Å². The number of aliphatic carboxylic acids is 1. The highest BCUT2D eigenvalue weighted by Gasteiger charge is 2.37. The van der Waals surface area contributed by atoms with Crippen molar-refractivity contribution in [1.29, 1.82) is 0 Å². The lowest BCUT2D eigenvalue weighted by molar-refractivity contribution is -0.148. The first-order valence-corrected chi connectivity index (χ1v) is 14.0. The van der Waals surface area contributed by atoms with Gasteiger partial charge in [0.15, 0.2) is 0 Å². The van der Waals surface area contributed by atoms with Gasteiger partial charge < -0.3 is 24.2 Å². The van der Waals surface area contributed by atoms with Crippen molar-refractivity contribution in [2.75, 3.05) is 33.6 Å². The van der Waals surface area contributed by atoms with E-state index in [1.165, 1.54) is 4.90 Å². The molecule has 1 fully saturated rings. The van der Waals surface area contributed by atoms with Crippen molar-refractivity contribution >= 4 is 21.9 Å². The second kappa shape index (κ2) is 11.6. The van der Waals surface area contributed by atoms with E-state index in [0.29, 0.717) is 25.1 Å². The van der Waals surface area contributed by atoms with Crippen molar-refractivity contribution in [2.24, 2.45) is 0 Å². The van der Waals surface area contributed by atoms with Crippen molar-refractivity contribution in [2.45, 2.75) is 40.0 Å². The lowest BCUT2D eigenvalue weighted by Crippen LogP contribution is -2.40. The third-order valence-electron chi connectivity index (χ3n) is 6.87. The largest absolute Gasteiger partial charge is 0.497 e. The van der Waals surface area contributed by atoms with Gasteiger partial charge in [0, 0.05) is 13.0 Å². The van der Waals surface area contributed by atoms with Crippen LogP contribution in [0.1, 0.15) is 19.3 Å². The van der Waals surface area contributed by atoms with Gasteiger partial charge in [-0.05, 0) is 106 Å². The highest BCUT2D eigenvalue weighted by atomic mass is 32.3. The Bertz CT molecular complexity index is 1090. The molecule has 0 unspecified atom stereocenters. The quantitative estimate of drug-likeness (QED) is 0.380. The fourth-order valence-corrected chi connectivity index (χ4v) is 8.70. The third kappa shape index (κ3) is 5.39. The molecule has 7 nitrogen and oxygen atoms in total. The molecule has 37 heavy (non-hydrogen) atoms. The maximum Gasteiger partial charge on any atom is 0.326 e. The van der Waals surface area contributed by atoms with E-state index in [1.807, 2.05) is 36.4 Å². The summed E-state index contributed by atoms with van der Waals surface area (Å²) in [6, 6.07) is 23.2. The molecule has 3 aromatic rings. The summed E-state index contributed by atoms with van der Waals surface area (Å²) in [6.07, 6.45) is 1.42. The lowest BCUT2D eigenvalue weighted by atomic mass is 10.2. The van der Waals surface area contributed by atoms with Crippen molar-refractivity contribution in [3.63, 3.8) is 0 Å². The van der Waals surface area contributed by atoms with E-state index in [9.17, 15) is 14.7 Å². The van der Waals surface area contributed by atoms with Crippen LogP contribution in [0.3, 0.4) is 0 Å². The molecule has 3 aromatic carbocycles. The maximum absolute atomic E-state index is 13.4. The predicted molar refractivity (Wildman–Crippen MR) is 143 cm³/mol. The molecular formula is C29H33NO6S. The van der Waals surface area contributed by atoms with Crippen LogP contribution in [0.5, 0.6) is 17.2 Å². The Morgan fingerprint density at radius 1 is 0.784 bits per heavy atom. The standard InChI is InChI=1S/C29H33NO6S/c1-34-21-6-12-24(13-7-21)37(25-14-8-22(35-2)9-15-25,26-16-10-23(36-3)11-17-26)20-18-28(31)30-19-4-5-27(30)29(32)33/h6-17,27H,4-5,18-20H2,1-3H3,(H,32,33)/t27-/m0/s1. The Morgan fingerprint density at radius 3 is 1.54 bits per heavy atom. The average Bonchev–Trinajstić information content (AvgIpc) is 3.45. The van der Waals surface area contributed by atoms with E-state index in [0.717, 1.165) is 31.9 Å². The summed E-state index contributed by atoms with van der Waals surface area (Å²) < 4.78 is 16.2. The molecule has 1 saturated heterocycles. The number of methoxy groups -OCH3 is 3. The molecule has 1 amide bonds. The van der Waals surface area contributed by atoms with Crippen molar-refractivity contribution < 1.29 is 28.9 Å². The Balaban J connectivity index is 1.83. The van der Waals surface area contributed by atoms with Crippen molar-refractivity contribution in [3.05, 3.63) is 72.8 Å². The molecular weight excluding hydrogens is 490 g/mol. The third-order valence-corrected chi connectivity index (χ3v) is 10.9. The Labute approximate surface area is 219 Å². The molecule has 196 valence electrons. The van der Waals surface area contributed by atoms with Crippen LogP contribution in [-0.2, 0) is 9.59 Å². The molecule has 0 aromatic heterocycles. The maximum atomic E-state index is 13.4. The fraction of sp³-hybridized carbons (Fsp3) is 0.310. The monoisotopic (exact) mass is 523 g/mol. The lowest BCUT2D eigenvalue weighted by Gasteiger charge is -2.42. The topological polar surface area (TPSA) is 85.3 Å². The number of carbonyl (C=O) groups is 2. The minimum Gasteiger partial charge on any atom is -0.497 e. The van der Waals surface area contributed by atoms with Crippen LogP contribution in [0.2, 0.25) is 0 Å². The number of likely N-dealkylation sites (tertiary alicyclic amines) is 1. The number of carboxylic acids is 1. The normalized spacial score (nSPS) is 15.8. The van der Waals surface area contributed by atoms with Crippen LogP contribution in [0.4, 0.5) is 0 Å². The van der Waals surface area contributed by atoms with Crippen molar-refractivity contribution in [1.82, 2.24) is 4.90 Å². The van der Waals surface area contributed by atoms with Crippen LogP contribution in [0.25, 0.3) is 0 Å². The summed E-state index contributed by atoms with van der Waals surface area (Å²) in [5.74, 6) is 1.71. The number of rotatable bonds is 10. The number of carboxylic acid groups (broad SMARTS) is 1. The molecule has 4 rings (SSSR count). The van der Waals surface area contributed by atoms with E-state index < -0.39 is 22.0 Å². The van der Waals surface area contributed by atoms with Crippen molar-refractivity contribution in [3.8, 4) is 17.2 Å². The van der Waals surface area contributed by atoms with Gasteiger partial charge in [-0.3, -0.25) is 4.79 Å². The minimum atomic E-state index is -1.93. The first kappa shape index (κ1) is 26.4. The molecule has 1 aliphatic heterocycles. The molecule has 1 aliphatic rings. The summed E-state index contributed by atoms with van der Waals surface area (Å²) in [5.41, 5.74) is 0. The molecule has 1 N–H and O–H groups in total. The first-order valence-electron chi connectivity index (χ1n) is 12.2. The van der Waals surface area contributed by atoms with Gasteiger partial charge in [0.2, 0.25) is 5.91 Å². The summed E-state index contributed by atoms with van der Waals surface area (Å²) in [4.78, 5) is 29.9. The fourth-order valence-electron chi connectivity index (χ4n) is 4.89. The van der Waals surface area contributed by atoms with Crippen LogP contribution in [0, 0.1) is 0 Å². The number of ether oxygens (including phenoxy) is 3. The molecule has 0 spiro atoms. The van der Waals surface area contributed by atoms with Gasteiger partial charge >= 0.3 is 5.97 Å². The van der Waals surface area contributed by atoms with Crippen LogP contribution >= 0.6 is 10.0 Å². The summed E-state index contributed by atoms with van der Waals surface area (Å²) in [5, 5.41) is 9.62. The van der Waals surface area contributed by atoms with E-state index in [4.69, 9.17) is 14.2 Å². The number of nitrogens with zero attached hydrogens (tertiary/aromatic N) is 1. The van der Waals surface area contributed by atoms with E-state index in [2.05, 4.69) is 36.4 Å². The zero-order chi connectivity index (χ0) is 26.4. The van der Waals surface area contributed by atoms with Gasteiger partial charge in [0.25, 0.3) is 0 Å². The summed E-state index contributed by atoms with van der Waals surface area (Å²) in [6.45, 7) is 0.478. The number of amides is 1. The second-order valence-corrected chi connectivity index (χ2v) is 12.1. The Hall–Kier alpha value is -3.65. The molecule has 1 heterocycles. The molecule has 0 radical (unpaired) electrons. The number of carbonyl (C=O) groups excluding carboxylic acids is 1. The van der Waals surface area contributed by atoms with E-state index in [-0.39, 0.29) is 12.3 Å². The van der Waals surface area contributed by atoms with Gasteiger partial charge in [-0.25, -0.2) is 4.79 Å². The highest BCUT2D eigenvalue weighted by molar-refractivity contribution is 8.33. The van der Waals surface area contributed by atoms with E-state index >= 15 is 0 Å².